The highest BCUT2D eigenvalue weighted by molar-refractivity contribution is 6.08. The molecule has 0 aliphatic rings. The van der Waals surface area contributed by atoms with E-state index < -0.39 is 0 Å². The Morgan fingerprint density at radius 2 is 0.765 bits per heavy atom. The van der Waals surface area contributed by atoms with Gasteiger partial charge in [0.15, 0.2) is 0 Å². The lowest BCUT2D eigenvalue weighted by molar-refractivity contribution is 0.538. The zero-order chi connectivity index (χ0) is 12.6. The molecule has 0 aromatic carbocycles. The van der Waals surface area contributed by atoms with Crippen molar-refractivity contribution in [2.75, 3.05) is 0 Å². The molecule has 0 aromatic heterocycles. The molecule has 0 heterocycles. The summed E-state index contributed by atoms with van der Waals surface area (Å²) >= 11 is 2.82. The Morgan fingerprint density at radius 1 is 0.471 bits per heavy atom. The molecule has 0 aromatic rings. The van der Waals surface area contributed by atoms with Gasteiger partial charge in [0.05, 0.1) is 0 Å². The molecule has 0 atom stereocenters. The van der Waals surface area contributed by atoms with Crippen LogP contribution in [0.15, 0.2) is 0 Å². The standard InChI is InChI=1S/C16H33.Al/c1-3-5-7-9-11-13-15-16-14-12-10-8-6-4-2;/h1,3-16H2,2H3;. The number of unbranched alkanes of at least 4 members (excludes halogenated alkanes) is 13. The predicted octanol–water partition coefficient (Wildman–Crippen LogP) is 6.05. The lowest BCUT2D eigenvalue weighted by atomic mass is 10.0. The summed E-state index contributed by atoms with van der Waals surface area (Å²) < 4.78 is 0. The van der Waals surface area contributed by atoms with Crippen molar-refractivity contribution >= 4 is 16.3 Å². The topological polar surface area (TPSA) is 0 Å². The third-order valence-corrected chi connectivity index (χ3v) is 3.97. The Kier molecular flexibility index (Phi) is 17.1. The van der Waals surface area contributed by atoms with Crippen molar-refractivity contribution in [3.63, 3.8) is 0 Å². The van der Waals surface area contributed by atoms with Gasteiger partial charge in [-0.1, -0.05) is 96.8 Å². The van der Waals surface area contributed by atoms with E-state index in [2.05, 4.69) is 23.2 Å². The largest absolute Gasteiger partial charge is 0.118 e. The van der Waals surface area contributed by atoms with Gasteiger partial charge in [0.1, 0.15) is 16.3 Å². The van der Waals surface area contributed by atoms with Gasteiger partial charge in [0, 0.05) is 0 Å². The van der Waals surface area contributed by atoms with Crippen LogP contribution in [0.5, 0.6) is 0 Å². The van der Waals surface area contributed by atoms with Crippen molar-refractivity contribution < 1.29 is 0 Å². The van der Waals surface area contributed by atoms with Crippen molar-refractivity contribution in [3.8, 4) is 0 Å². The molecule has 0 bridgehead atoms. The first-order valence-electron chi connectivity index (χ1n) is 8.12. The van der Waals surface area contributed by atoms with Crippen LogP contribution >= 0.6 is 0 Å². The highest BCUT2D eigenvalue weighted by Gasteiger charge is 1.93. The van der Waals surface area contributed by atoms with Crippen LogP contribution in [0.3, 0.4) is 0 Å². The van der Waals surface area contributed by atoms with Crippen LogP contribution in [0.1, 0.15) is 96.8 Å². The van der Waals surface area contributed by atoms with E-state index in [0.29, 0.717) is 0 Å². The maximum absolute atomic E-state index is 2.82. The molecule has 0 unspecified atom stereocenters. The molecule has 17 heavy (non-hydrogen) atoms. The summed E-state index contributed by atoms with van der Waals surface area (Å²) in [5.41, 5.74) is 0. The number of hydrogen-bond donors (Lipinski definition) is 0. The molecular formula is C16H33Al. The van der Waals surface area contributed by atoms with E-state index in [-0.39, 0.29) is 0 Å². The van der Waals surface area contributed by atoms with Crippen LogP contribution < -0.4 is 0 Å². The lowest BCUT2D eigenvalue weighted by Gasteiger charge is -2.02. The molecule has 0 aliphatic carbocycles. The number of rotatable bonds is 14. The van der Waals surface area contributed by atoms with Crippen molar-refractivity contribution in [1.82, 2.24) is 0 Å². The first kappa shape index (κ1) is 17.5. The molecule has 2 radical (unpaired) electrons. The quantitative estimate of drug-likeness (QED) is 0.260. The van der Waals surface area contributed by atoms with Crippen LogP contribution in [-0.2, 0) is 0 Å². The van der Waals surface area contributed by atoms with Crippen LogP contribution in [0.25, 0.3) is 0 Å². The van der Waals surface area contributed by atoms with Gasteiger partial charge in [-0.2, -0.15) is 0 Å². The maximum atomic E-state index is 2.82. The highest BCUT2D eigenvalue weighted by atomic mass is 27.0. The Labute approximate surface area is 118 Å². The Bertz CT molecular complexity index is 109. The Morgan fingerprint density at radius 3 is 1.06 bits per heavy atom. The van der Waals surface area contributed by atoms with E-state index in [0.717, 1.165) is 0 Å². The first-order chi connectivity index (χ1) is 8.41. The zero-order valence-electron chi connectivity index (χ0n) is 12.2. The Hall–Kier alpha value is 0.532. The highest BCUT2D eigenvalue weighted by Crippen LogP contribution is 2.12. The second-order valence-corrected chi connectivity index (χ2v) is 5.96. The summed E-state index contributed by atoms with van der Waals surface area (Å²) in [4.78, 5) is 0. The average molecular weight is 252 g/mol. The van der Waals surface area contributed by atoms with Gasteiger partial charge in [0.25, 0.3) is 0 Å². The van der Waals surface area contributed by atoms with Crippen molar-refractivity contribution in [2.45, 2.75) is 102 Å². The summed E-state index contributed by atoms with van der Waals surface area (Å²) in [6.07, 6.45) is 20.4. The fourth-order valence-corrected chi connectivity index (χ4v) is 2.63. The van der Waals surface area contributed by atoms with Gasteiger partial charge in [-0.15, -0.1) is 5.28 Å². The van der Waals surface area contributed by atoms with Crippen LogP contribution in [-0.4, -0.2) is 16.3 Å². The minimum atomic E-state index is 1.29. The Balaban J connectivity index is 2.85. The van der Waals surface area contributed by atoms with Crippen LogP contribution in [0.2, 0.25) is 5.28 Å². The van der Waals surface area contributed by atoms with Gasteiger partial charge in [-0.3, -0.25) is 0 Å². The molecule has 0 amide bonds. The molecule has 0 saturated heterocycles. The summed E-state index contributed by atoms with van der Waals surface area (Å²) in [5, 5.41) is 1.29. The van der Waals surface area contributed by atoms with Gasteiger partial charge in [-0.25, -0.2) is 0 Å². The minimum absolute atomic E-state index is 1.29. The zero-order valence-corrected chi connectivity index (χ0v) is 13.3. The second-order valence-electron chi connectivity index (χ2n) is 5.38. The first-order valence-corrected chi connectivity index (χ1v) is 8.93. The summed E-state index contributed by atoms with van der Waals surface area (Å²) in [6.45, 7) is 2.29. The van der Waals surface area contributed by atoms with Crippen LogP contribution in [0.4, 0.5) is 0 Å². The van der Waals surface area contributed by atoms with E-state index in [1.54, 1.807) is 0 Å². The molecule has 100 valence electrons. The molecule has 1 heteroatoms. The second kappa shape index (κ2) is 16.5. The molecule has 0 saturated carbocycles. The van der Waals surface area contributed by atoms with Gasteiger partial charge < -0.3 is 0 Å². The average Bonchev–Trinajstić information content (AvgIpc) is 2.35. The molecule has 0 rings (SSSR count). The smallest absolute Gasteiger partial charge is 0.118 e. The van der Waals surface area contributed by atoms with Gasteiger partial charge in [0.2, 0.25) is 0 Å². The third-order valence-electron chi connectivity index (χ3n) is 3.56. The van der Waals surface area contributed by atoms with E-state index in [1.165, 1.54) is 95.2 Å². The number of hydrogen-bond acceptors (Lipinski definition) is 0. The fraction of sp³-hybridized carbons (Fsp3) is 1.00. The third kappa shape index (κ3) is 16.5. The molecule has 0 spiro atoms. The maximum Gasteiger partial charge on any atom is 0.118 e. The molecule has 0 aliphatic heterocycles. The van der Waals surface area contributed by atoms with E-state index >= 15 is 0 Å². The fourth-order valence-electron chi connectivity index (χ4n) is 2.34. The van der Waals surface area contributed by atoms with Crippen molar-refractivity contribution in [1.29, 1.82) is 0 Å². The van der Waals surface area contributed by atoms with Crippen LogP contribution in [0, 0.1) is 0 Å². The van der Waals surface area contributed by atoms with Crippen molar-refractivity contribution in [3.05, 3.63) is 0 Å². The van der Waals surface area contributed by atoms with E-state index in [4.69, 9.17) is 0 Å². The van der Waals surface area contributed by atoms with E-state index in [1.807, 2.05) is 0 Å². The molecule has 0 fully saturated rings. The summed E-state index contributed by atoms with van der Waals surface area (Å²) in [7, 11) is 0. The molecule has 0 nitrogen and oxygen atoms in total. The van der Waals surface area contributed by atoms with Gasteiger partial charge in [-0.05, 0) is 0 Å². The summed E-state index contributed by atoms with van der Waals surface area (Å²) in [6, 6.07) is 0. The monoisotopic (exact) mass is 252 g/mol. The normalized spacial score (nSPS) is 10.9. The lowest BCUT2D eigenvalue weighted by Crippen LogP contribution is -1.83. The SMILES string of the molecule is CCCCCCCCCCCCCCC[CH2][Al]. The summed E-state index contributed by atoms with van der Waals surface area (Å²) in [5.74, 6) is 0. The minimum Gasteiger partial charge on any atom is -0.118 e. The van der Waals surface area contributed by atoms with E-state index in [9.17, 15) is 0 Å². The molecular weight excluding hydrogens is 219 g/mol. The predicted molar refractivity (Wildman–Crippen MR) is 80.9 cm³/mol. The van der Waals surface area contributed by atoms with Gasteiger partial charge >= 0.3 is 0 Å². The molecule has 0 N–H and O–H groups in total. The van der Waals surface area contributed by atoms with Crippen molar-refractivity contribution in [2.24, 2.45) is 0 Å².